The topological polar surface area (TPSA) is 71.2 Å². The molecule has 0 radical (unpaired) electrons. The van der Waals surface area contributed by atoms with Gasteiger partial charge in [0.1, 0.15) is 16.3 Å². The van der Waals surface area contributed by atoms with E-state index in [9.17, 15) is 8.42 Å². The fourth-order valence-electron chi connectivity index (χ4n) is 0.942. The lowest BCUT2D eigenvalue weighted by molar-refractivity contribution is 0.627. The summed E-state index contributed by atoms with van der Waals surface area (Å²) in [7, 11) is -2.27. The van der Waals surface area contributed by atoms with Crippen LogP contribution in [0.4, 0.5) is 0 Å². The normalized spacial score (nSPS) is 18.8. The van der Waals surface area contributed by atoms with E-state index in [1.54, 1.807) is 12.2 Å². The zero-order chi connectivity index (χ0) is 8.55. The number of allylic oxidation sites excluding steroid dienone is 4. The van der Waals surface area contributed by atoms with E-state index < -0.39 is 10.3 Å². The minimum atomic E-state index is -2.27. The molecule has 0 amide bonds. The third-order valence-electron chi connectivity index (χ3n) is 1.45. The molecule has 1 aliphatic carbocycles. The molecule has 6 heteroatoms. The molecule has 0 aromatic carbocycles. The molecule has 0 N–H and O–H groups in total. The van der Waals surface area contributed by atoms with Crippen LogP contribution in [0.1, 0.15) is 0 Å². The van der Waals surface area contributed by atoms with Crippen LogP contribution in [-0.2, 0) is 10.3 Å². The van der Waals surface area contributed by atoms with Gasteiger partial charge in [-0.3, -0.25) is 0 Å². The molecular weight excluding hydrogens is 178 g/mol. The second kappa shape index (κ2) is 2.49. The van der Waals surface area contributed by atoms with E-state index >= 15 is 0 Å². The largest absolute Gasteiger partial charge is 0.223 e. The van der Waals surface area contributed by atoms with Gasteiger partial charge in [0.25, 0.3) is 0 Å². The van der Waals surface area contributed by atoms with Crippen molar-refractivity contribution < 1.29 is 8.42 Å². The number of nitrogens with zero attached hydrogens (tertiary/aromatic N) is 3. The van der Waals surface area contributed by atoms with Crippen molar-refractivity contribution in [1.82, 2.24) is 0 Å². The SMILES string of the molecule is O=S(=O)=C1C=CC=C2N=NN=C21. The molecule has 0 unspecified atom stereocenters. The van der Waals surface area contributed by atoms with Gasteiger partial charge in [-0.15, -0.1) is 10.2 Å². The van der Waals surface area contributed by atoms with Crippen molar-refractivity contribution in [2.24, 2.45) is 15.4 Å². The Morgan fingerprint density at radius 1 is 1.33 bits per heavy atom. The highest BCUT2D eigenvalue weighted by Crippen LogP contribution is 2.14. The van der Waals surface area contributed by atoms with E-state index in [2.05, 4.69) is 15.4 Å². The van der Waals surface area contributed by atoms with Crippen molar-refractivity contribution in [2.75, 3.05) is 0 Å². The molecule has 1 aliphatic heterocycles. The molecule has 1 heterocycles. The Morgan fingerprint density at radius 3 is 2.92 bits per heavy atom. The zero-order valence-electron chi connectivity index (χ0n) is 5.80. The van der Waals surface area contributed by atoms with Gasteiger partial charge in [0.2, 0.25) is 10.3 Å². The molecule has 12 heavy (non-hydrogen) atoms. The first-order valence-corrected chi connectivity index (χ1v) is 4.20. The van der Waals surface area contributed by atoms with E-state index in [1.807, 2.05) is 0 Å². The van der Waals surface area contributed by atoms with Crippen LogP contribution >= 0.6 is 0 Å². The van der Waals surface area contributed by atoms with Crippen LogP contribution in [-0.4, -0.2) is 19.0 Å². The lowest BCUT2D eigenvalue weighted by atomic mass is 10.1. The minimum Gasteiger partial charge on any atom is -0.184 e. The van der Waals surface area contributed by atoms with Crippen LogP contribution in [0.2, 0.25) is 0 Å². The highest BCUT2D eigenvalue weighted by Gasteiger charge is 2.19. The average molecular weight is 181 g/mol. The van der Waals surface area contributed by atoms with Gasteiger partial charge in [-0.05, 0) is 17.4 Å². The van der Waals surface area contributed by atoms with Crippen LogP contribution in [0.15, 0.2) is 39.4 Å². The van der Waals surface area contributed by atoms with Crippen LogP contribution in [0.5, 0.6) is 0 Å². The van der Waals surface area contributed by atoms with Gasteiger partial charge in [0, 0.05) is 0 Å². The Morgan fingerprint density at radius 2 is 2.17 bits per heavy atom. The Kier molecular flexibility index (Phi) is 1.47. The second-order valence-electron chi connectivity index (χ2n) is 2.15. The monoisotopic (exact) mass is 181 g/mol. The molecule has 0 aromatic heterocycles. The van der Waals surface area contributed by atoms with Gasteiger partial charge < -0.3 is 0 Å². The molecule has 0 aromatic rings. The molecule has 2 aliphatic rings. The summed E-state index contributed by atoms with van der Waals surface area (Å²) in [4.78, 5) is 0.137. The van der Waals surface area contributed by atoms with Crippen molar-refractivity contribution in [3.63, 3.8) is 0 Å². The standard InChI is InChI=1S/C6H3N3O2S/c10-12(11)5-3-1-2-4-6(5)8-9-7-4/h1-3H. The summed E-state index contributed by atoms with van der Waals surface area (Å²) in [5.41, 5.74) is 0.822. The highest BCUT2D eigenvalue weighted by molar-refractivity contribution is 7.75. The molecule has 0 spiro atoms. The number of hydrogen-bond acceptors (Lipinski definition) is 5. The Hall–Kier alpha value is -1.56. The lowest BCUT2D eigenvalue weighted by Crippen LogP contribution is -2.14. The highest BCUT2D eigenvalue weighted by atomic mass is 32.2. The van der Waals surface area contributed by atoms with Crippen LogP contribution in [0.25, 0.3) is 0 Å². The minimum absolute atomic E-state index is 0.137. The number of hydrogen-bond donors (Lipinski definition) is 0. The first-order chi connectivity index (χ1) is 5.79. The fourth-order valence-corrected chi connectivity index (χ4v) is 1.43. The molecule has 0 bridgehead atoms. The first-order valence-electron chi connectivity index (χ1n) is 3.13. The van der Waals surface area contributed by atoms with Crippen molar-refractivity contribution in [2.45, 2.75) is 0 Å². The number of rotatable bonds is 0. The summed E-state index contributed by atoms with van der Waals surface area (Å²) in [6, 6.07) is 0. The number of fused-ring (bicyclic) bond motifs is 1. The zero-order valence-corrected chi connectivity index (χ0v) is 6.61. The van der Waals surface area contributed by atoms with Crippen LogP contribution in [0, 0.1) is 0 Å². The van der Waals surface area contributed by atoms with Crippen molar-refractivity contribution in [1.29, 1.82) is 0 Å². The summed E-state index contributed by atoms with van der Waals surface area (Å²) < 4.78 is 21.2. The van der Waals surface area contributed by atoms with E-state index in [4.69, 9.17) is 0 Å². The van der Waals surface area contributed by atoms with E-state index in [1.165, 1.54) is 6.08 Å². The fraction of sp³-hybridized carbons (Fsp3) is 0. The second-order valence-corrected chi connectivity index (χ2v) is 3.06. The maximum Gasteiger partial charge on any atom is 0.223 e. The van der Waals surface area contributed by atoms with Gasteiger partial charge >= 0.3 is 0 Å². The molecule has 0 saturated carbocycles. The summed E-state index contributed by atoms with van der Waals surface area (Å²) >= 11 is 0. The quantitative estimate of drug-likeness (QED) is 0.504. The third kappa shape index (κ3) is 0.928. The molecule has 0 fully saturated rings. The third-order valence-corrected chi connectivity index (χ3v) is 2.14. The van der Waals surface area contributed by atoms with Crippen molar-refractivity contribution in [3.05, 3.63) is 23.9 Å². The van der Waals surface area contributed by atoms with E-state index in [0.29, 0.717) is 11.4 Å². The summed E-state index contributed by atoms with van der Waals surface area (Å²) in [6.45, 7) is 0. The Labute approximate surface area is 69.3 Å². The van der Waals surface area contributed by atoms with Gasteiger partial charge in [0.15, 0.2) is 0 Å². The van der Waals surface area contributed by atoms with Gasteiger partial charge in [-0.2, -0.15) is 8.42 Å². The van der Waals surface area contributed by atoms with Crippen molar-refractivity contribution >= 4 is 20.9 Å². The van der Waals surface area contributed by atoms with E-state index in [0.717, 1.165) is 0 Å². The first kappa shape index (κ1) is 7.11. The molecule has 2 rings (SSSR count). The maximum absolute atomic E-state index is 10.6. The van der Waals surface area contributed by atoms with Gasteiger partial charge in [-0.25, -0.2) is 0 Å². The van der Waals surface area contributed by atoms with Crippen molar-refractivity contribution in [3.8, 4) is 0 Å². The predicted molar refractivity (Wildman–Crippen MR) is 43.4 cm³/mol. The summed E-state index contributed by atoms with van der Waals surface area (Å²) in [6.07, 6.45) is 4.72. The summed E-state index contributed by atoms with van der Waals surface area (Å²) in [5, 5.41) is 10.6. The van der Waals surface area contributed by atoms with Gasteiger partial charge in [0.05, 0.1) is 0 Å². The Balaban J connectivity index is 2.69. The average Bonchev–Trinajstić information content (AvgIpc) is 2.49. The predicted octanol–water partition coefficient (Wildman–Crippen LogP) is 0.313. The molecule has 60 valence electrons. The van der Waals surface area contributed by atoms with Gasteiger partial charge in [-0.1, -0.05) is 6.08 Å². The maximum atomic E-state index is 10.6. The molecule has 0 saturated heterocycles. The van der Waals surface area contributed by atoms with E-state index in [-0.39, 0.29) is 4.86 Å². The lowest BCUT2D eigenvalue weighted by Gasteiger charge is -1.99. The smallest absolute Gasteiger partial charge is 0.184 e. The molecule has 5 nitrogen and oxygen atoms in total. The van der Waals surface area contributed by atoms with Crippen LogP contribution in [0.3, 0.4) is 0 Å². The molecular formula is C6H3N3O2S. The van der Waals surface area contributed by atoms with Crippen LogP contribution < -0.4 is 0 Å². The molecule has 0 atom stereocenters. The summed E-state index contributed by atoms with van der Waals surface area (Å²) in [5.74, 6) is 0. The Bertz CT molecular complexity index is 471.